The minimum Gasteiger partial charge on any atom is -0.342 e. The van der Waals surface area contributed by atoms with Gasteiger partial charge in [0.25, 0.3) is 0 Å². The van der Waals surface area contributed by atoms with Gasteiger partial charge in [0.1, 0.15) is 0 Å². The van der Waals surface area contributed by atoms with Crippen molar-refractivity contribution >= 4 is 5.91 Å². The Bertz CT molecular complexity index is 144. The van der Waals surface area contributed by atoms with E-state index in [4.69, 9.17) is 0 Å². The van der Waals surface area contributed by atoms with Crippen LogP contribution in [-0.4, -0.2) is 23.9 Å². The molecular formula is C9H17NO. The Morgan fingerprint density at radius 1 is 1.55 bits per heavy atom. The molecule has 1 aliphatic rings. The summed E-state index contributed by atoms with van der Waals surface area (Å²) in [4.78, 5) is 13.3. The lowest BCUT2D eigenvalue weighted by molar-refractivity contribution is -0.127. The summed E-state index contributed by atoms with van der Waals surface area (Å²) in [6.45, 7) is 6.23. The third-order valence-electron chi connectivity index (χ3n) is 2.37. The third kappa shape index (κ3) is 1.95. The average Bonchev–Trinajstić information content (AvgIpc) is 2.33. The van der Waals surface area contributed by atoms with E-state index in [2.05, 4.69) is 13.8 Å². The van der Waals surface area contributed by atoms with Gasteiger partial charge in [0, 0.05) is 19.5 Å². The van der Waals surface area contributed by atoms with Crippen molar-refractivity contribution in [2.24, 2.45) is 5.92 Å². The first kappa shape index (κ1) is 8.57. The largest absolute Gasteiger partial charge is 0.342 e. The summed E-state index contributed by atoms with van der Waals surface area (Å²) in [5.41, 5.74) is 0. The van der Waals surface area contributed by atoms with Crippen LogP contribution >= 0.6 is 0 Å². The van der Waals surface area contributed by atoms with Crippen molar-refractivity contribution < 1.29 is 4.79 Å². The first-order valence-corrected chi connectivity index (χ1v) is 4.55. The number of likely N-dealkylation sites (tertiary alicyclic amines) is 1. The van der Waals surface area contributed by atoms with Crippen LogP contribution in [0.2, 0.25) is 0 Å². The van der Waals surface area contributed by atoms with E-state index in [1.807, 2.05) is 4.90 Å². The van der Waals surface area contributed by atoms with Crippen LogP contribution in [0.5, 0.6) is 0 Å². The molecule has 1 amide bonds. The minimum atomic E-state index is 0.360. The standard InChI is InChI=1S/C9H17NO/c1-3-5-10-7-8(4-2)6-9(10)11/h8H,3-7H2,1-2H3/t8-/m0/s1. The maximum atomic E-state index is 11.3. The molecule has 0 aliphatic carbocycles. The zero-order valence-corrected chi connectivity index (χ0v) is 7.47. The van der Waals surface area contributed by atoms with E-state index in [1.165, 1.54) is 0 Å². The van der Waals surface area contributed by atoms with Gasteiger partial charge in [0.05, 0.1) is 0 Å². The molecule has 1 atom stereocenters. The van der Waals surface area contributed by atoms with Crippen molar-refractivity contribution in [3.63, 3.8) is 0 Å². The zero-order valence-electron chi connectivity index (χ0n) is 7.47. The van der Waals surface area contributed by atoms with E-state index in [0.717, 1.165) is 32.4 Å². The highest BCUT2D eigenvalue weighted by Gasteiger charge is 2.26. The van der Waals surface area contributed by atoms with Gasteiger partial charge in [-0.25, -0.2) is 0 Å². The topological polar surface area (TPSA) is 20.3 Å². The molecule has 0 radical (unpaired) electrons. The van der Waals surface area contributed by atoms with Gasteiger partial charge in [0.2, 0.25) is 5.91 Å². The number of hydrogen-bond donors (Lipinski definition) is 0. The van der Waals surface area contributed by atoms with Gasteiger partial charge >= 0.3 is 0 Å². The number of nitrogens with zero attached hydrogens (tertiary/aromatic N) is 1. The number of amides is 1. The summed E-state index contributed by atoms with van der Waals surface area (Å²) in [5.74, 6) is 0.993. The average molecular weight is 155 g/mol. The van der Waals surface area contributed by atoms with E-state index in [0.29, 0.717) is 11.8 Å². The van der Waals surface area contributed by atoms with Crippen molar-refractivity contribution in [2.75, 3.05) is 13.1 Å². The molecule has 0 spiro atoms. The highest BCUT2D eigenvalue weighted by atomic mass is 16.2. The Balaban J connectivity index is 2.38. The first-order valence-electron chi connectivity index (χ1n) is 4.55. The summed E-state index contributed by atoms with van der Waals surface area (Å²) >= 11 is 0. The quantitative estimate of drug-likeness (QED) is 0.607. The molecule has 0 aromatic carbocycles. The molecule has 0 aromatic rings. The van der Waals surface area contributed by atoms with Crippen LogP contribution in [0, 0.1) is 5.92 Å². The summed E-state index contributed by atoms with van der Waals surface area (Å²) in [5, 5.41) is 0. The Labute approximate surface area is 68.6 Å². The molecule has 2 heteroatoms. The normalized spacial score (nSPS) is 24.7. The molecule has 0 unspecified atom stereocenters. The lowest BCUT2D eigenvalue weighted by Crippen LogP contribution is -2.25. The van der Waals surface area contributed by atoms with Crippen LogP contribution in [-0.2, 0) is 4.79 Å². The number of rotatable bonds is 3. The molecule has 1 saturated heterocycles. The van der Waals surface area contributed by atoms with Gasteiger partial charge in [0.15, 0.2) is 0 Å². The first-order chi connectivity index (χ1) is 5.27. The molecule has 0 bridgehead atoms. The second kappa shape index (κ2) is 3.74. The molecular weight excluding hydrogens is 138 g/mol. The fourth-order valence-corrected chi connectivity index (χ4v) is 1.61. The van der Waals surface area contributed by atoms with Crippen LogP contribution in [0.4, 0.5) is 0 Å². The molecule has 64 valence electrons. The van der Waals surface area contributed by atoms with Crippen LogP contribution in [0.1, 0.15) is 33.1 Å². The molecule has 11 heavy (non-hydrogen) atoms. The van der Waals surface area contributed by atoms with Crippen molar-refractivity contribution in [3.8, 4) is 0 Å². The highest BCUT2D eigenvalue weighted by Crippen LogP contribution is 2.20. The Kier molecular flexibility index (Phi) is 2.92. The zero-order chi connectivity index (χ0) is 8.27. The highest BCUT2D eigenvalue weighted by molar-refractivity contribution is 5.78. The Morgan fingerprint density at radius 2 is 2.27 bits per heavy atom. The SMILES string of the molecule is CCCN1C[C@@H](CC)CC1=O. The van der Waals surface area contributed by atoms with Crippen molar-refractivity contribution in [1.82, 2.24) is 4.90 Å². The summed E-state index contributed by atoms with van der Waals surface area (Å²) in [6, 6.07) is 0. The summed E-state index contributed by atoms with van der Waals surface area (Å²) in [7, 11) is 0. The van der Waals surface area contributed by atoms with Gasteiger partial charge < -0.3 is 4.90 Å². The van der Waals surface area contributed by atoms with Gasteiger partial charge in [-0.05, 0) is 12.3 Å². The van der Waals surface area contributed by atoms with Crippen LogP contribution in [0.3, 0.4) is 0 Å². The van der Waals surface area contributed by atoms with Gasteiger partial charge in [-0.1, -0.05) is 20.3 Å². The van der Waals surface area contributed by atoms with Crippen LogP contribution in [0.25, 0.3) is 0 Å². The maximum absolute atomic E-state index is 11.3. The van der Waals surface area contributed by atoms with Crippen molar-refractivity contribution in [3.05, 3.63) is 0 Å². The molecule has 0 aromatic heterocycles. The lowest BCUT2D eigenvalue weighted by atomic mass is 10.1. The van der Waals surface area contributed by atoms with Crippen molar-refractivity contribution in [1.29, 1.82) is 0 Å². The van der Waals surface area contributed by atoms with Gasteiger partial charge in [-0.3, -0.25) is 4.79 Å². The second-order valence-electron chi connectivity index (χ2n) is 3.32. The van der Waals surface area contributed by atoms with E-state index in [9.17, 15) is 4.79 Å². The van der Waals surface area contributed by atoms with E-state index in [1.54, 1.807) is 0 Å². The smallest absolute Gasteiger partial charge is 0.222 e. The van der Waals surface area contributed by atoms with E-state index < -0.39 is 0 Å². The molecule has 0 N–H and O–H groups in total. The van der Waals surface area contributed by atoms with Crippen LogP contribution < -0.4 is 0 Å². The second-order valence-corrected chi connectivity index (χ2v) is 3.32. The molecule has 1 aliphatic heterocycles. The minimum absolute atomic E-state index is 0.360. The summed E-state index contributed by atoms with van der Waals surface area (Å²) < 4.78 is 0. The Morgan fingerprint density at radius 3 is 2.73 bits per heavy atom. The molecule has 1 rings (SSSR count). The number of hydrogen-bond acceptors (Lipinski definition) is 1. The fourth-order valence-electron chi connectivity index (χ4n) is 1.61. The monoisotopic (exact) mass is 155 g/mol. The number of carbonyl (C=O) groups excluding carboxylic acids is 1. The van der Waals surface area contributed by atoms with Gasteiger partial charge in [-0.2, -0.15) is 0 Å². The summed E-state index contributed by atoms with van der Waals surface area (Å²) in [6.07, 6.45) is 3.02. The predicted molar refractivity (Wildman–Crippen MR) is 45.3 cm³/mol. The predicted octanol–water partition coefficient (Wildman–Crippen LogP) is 1.65. The molecule has 1 heterocycles. The molecule has 0 saturated carbocycles. The maximum Gasteiger partial charge on any atom is 0.222 e. The Hall–Kier alpha value is -0.530. The van der Waals surface area contributed by atoms with E-state index >= 15 is 0 Å². The van der Waals surface area contributed by atoms with Gasteiger partial charge in [-0.15, -0.1) is 0 Å². The molecule has 1 fully saturated rings. The number of carbonyl (C=O) groups is 1. The van der Waals surface area contributed by atoms with E-state index in [-0.39, 0.29) is 0 Å². The third-order valence-corrected chi connectivity index (χ3v) is 2.37. The van der Waals surface area contributed by atoms with Crippen LogP contribution in [0.15, 0.2) is 0 Å². The van der Waals surface area contributed by atoms with Crippen molar-refractivity contribution in [2.45, 2.75) is 33.1 Å². The molecule has 2 nitrogen and oxygen atoms in total. The lowest BCUT2D eigenvalue weighted by Gasteiger charge is -2.14. The fraction of sp³-hybridized carbons (Fsp3) is 0.889.